The van der Waals surface area contributed by atoms with Crippen molar-refractivity contribution in [2.75, 3.05) is 20.3 Å². The fourth-order valence-corrected chi connectivity index (χ4v) is 3.22. The van der Waals surface area contributed by atoms with Gasteiger partial charge in [0.15, 0.2) is 5.79 Å². The monoisotopic (exact) mass is 290 g/mol. The van der Waals surface area contributed by atoms with Gasteiger partial charge in [-0.3, -0.25) is 4.79 Å². The van der Waals surface area contributed by atoms with E-state index in [1.807, 2.05) is 31.0 Å². The zero-order chi connectivity index (χ0) is 14.9. The lowest BCUT2D eigenvalue weighted by atomic mass is 9.89. The maximum absolute atomic E-state index is 12.5. The standard InChI is InChI=1S/C16H22N2O3/c1-12-4-3-5-14(17-12)15(19)18(2)13-6-8-16(9-7-13)20-10-11-21-16/h3-5,13H,6-11H2,1-2H3. The molecule has 5 heteroatoms. The molecule has 1 saturated carbocycles. The van der Waals surface area contributed by atoms with E-state index in [0.29, 0.717) is 18.9 Å². The van der Waals surface area contributed by atoms with Crippen LogP contribution in [0.2, 0.25) is 0 Å². The molecule has 1 aromatic rings. The van der Waals surface area contributed by atoms with Crippen LogP contribution in [0.25, 0.3) is 0 Å². The second-order valence-electron chi connectivity index (χ2n) is 5.92. The highest BCUT2D eigenvalue weighted by atomic mass is 16.7. The molecular weight excluding hydrogens is 268 g/mol. The molecule has 114 valence electrons. The highest BCUT2D eigenvalue weighted by Gasteiger charge is 2.41. The Labute approximate surface area is 125 Å². The van der Waals surface area contributed by atoms with Gasteiger partial charge in [-0.2, -0.15) is 0 Å². The van der Waals surface area contributed by atoms with Gasteiger partial charge in [0, 0.05) is 31.6 Å². The van der Waals surface area contributed by atoms with Crippen molar-refractivity contribution >= 4 is 5.91 Å². The number of aryl methyl sites for hydroxylation is 1. The van der Waals surface area contributed by atoms with E-state index < -0.39 is 0 Å². The van der Waals surface area contributed by atoms with Gasteiger partial charge in [-0.25, -0.2) is 4.98 Å². The lowest BCUT2D eigenvalue weighted by Crippen LogP contribution is -2.45. The van der Waals surface area contributed by atoms with Gasteiger partial charge in [-0.1, -0.05) is 6.07 Å². The lowest BCUT2D eigenvalue weighted by molar-refractivity contribution is -0.182. The van der Waals surface area contributed by atoms with Crippen LogP contribution in [-0.4, -0.2) is 47.9 Å². The molecule has 0 atom stereocenters. The Balaban J connectivity index is 1.63. The Bertz CT molecular complexity index is 516. The fraction of sp³-hybridized carbons (Fsp3) is 0.625. The second kappa shape index (κ2) is 5.73. The summed E-state index contributed by atoms with van der Waals surface area (Å²) in [5.74, 6) is -0.380. The predicted molar refractivity (Wildman–Crippen MR) is 78.0 cm³/mol. The highest BCUT2D eigenvalue weighted by molar-refractivity contribution is 5.92. The van der Waals surface area contributed by atoms with Gasteiger partial charge in [0.2, 0.25) is 0 Å². The zero-order valence-electron chi connectivity index (χ0n) is 12.7. The van der Waals surface area contributed by atoms with Crippen LogP contribution in [0.5, 0.6) is 0 Å². The third-order valence-corrected chi connectivity index (χ3v) is 4.51. The molecule has 1 aromatic heterocycles. The molecule has 0 unspecified atom stereocenters. The number of hydrogen-bond donors (Lipinski definition) is 0. The molecular formula is C16H22N2O3. The molecule has 1 spiro atoms. The third kappa shape index (κ3) is 2.94. The number of ether oxygens (including phenoxy) is 2. The SMILES string of the molecule is Cc1cccc(C(=O)N(C)C2CCC3(CC2)OCCO3)n1. The summed E-state index contributed by atoms with van der Waals surface area (Å²) in [6, 6.07) is 5.78. The average Bonchev–Trinajstić information content (AvgIpc) is 2.95. The van der Waals surface area contributed by atoms with Crippen molar-refractivity contribution in [2.45, 2.75) is 44.4 Å². The number of hydrogen-bond acceptors (Lipinski definition) is 4. The van der Waals surface area contributed by atoms with Gasteiger partial charge < -0.3 is 14.4 Å². The topological polar surface area (TPSA) is 51.7 Å². The maximum Gasteiger partial charge on any atom is 0.272 e. The van der Waals surface area contributed by atoms with Crippen molar-refractivity contribution in [1.82, 2.24) is 9.88 Å². The minimum Gasteiger partial charge on any atom is -0.348 e. The van der Waals surface area contributed by atoms with Crippen LogP contribution < -0.4 is 0 Å². The van der Waals surface area contributed by atoms with E-state index in [1.54, 1.807) is 6.07 Å². The van der Waals surface area contributed by atoms with E-state index in [2.05, 4.69) is 4.98 Å². The van der Waals surface area contributed by atoms with Crippen molar-refractivity contribution in [3.63, 3.8) is 0 Å². The van der Waals surface area contributed by atoms with Crippen LogP contribution in [0.4, 0.5) is 0 Å². The molecule has 1 aliphatic carbocycles. The van der Waals surface area contributed by atoms with Crippen molar-refractivity contribution in [2.24, 2.45) is 0 Å². The Hall–Kier alpha value is -1.46. The number of pyridine rings is 1. The molecule has 0 radical (unpaired) electrons. The van der Waals surface area contributed by atoms with Crippen molar-refractivity contribution in [3.8, 4) is 0 Å². The number of nitrogens with zero attached hydrogens (tertiary/aromatic N) is 2. The van der Waals surface area contributed by atoms with Crippen LogP contribution in [0.3, 0.4) is 0 Å². The lowest BCUT2D eigenvalue weighted by Gasteiger charge is -2.38. The molecule has 21 heavy (non-hydrogen) atoms. The van der Waals surface area contributed by atoms with Crippen molar-refractivity contribution in [1.29, 1.82) is 0 Å². The molecule has 2 fully saturated rings. The van der Waals surface area contributed by atoms with Gasteiger partial charge in [-0.15, -0.1) is 0 Å². The van der Waals surface area contributed by atoms with Crippen LogP contribution >= 0.6 is 0 Å². The predicted octanol–water partition coefficient (Wildman–Crippen LogP) is 2.15. The Kier molecular flexibility index (Phi) is 3.95. The minimum absolute atomic E-state index is 0.00657. The molecule has 1 amide bonds. The molecule has 5 nitrogen and oxygen atoms in total. The number of carbonyl (C=O) groups is 1. The smallest absolute Gasteiger partial charge is 0.272 e. The summed E-state index contributed by atoms with van der Waals surface area (Å²) in [6.45, 7) is 3.27. The number of carbonyl (C=O) groups excluding carboxylic acids is 1. The van der Waals surface area contributed by atoms with E-state index in [0.717, 1.165) is 31.4 Å². The van der Waals surface area contributed by atoms with Gasteiger partial charge in [-0.05, 0) is 31.9 Å². The third-order valence-electron chi connectivity index (χ3n) is 4.51. The first-order valence-electron chi connectivity index (χ1n) is 7.58. The van der Waals surface area contributed by atoms with Gasteiger partial charge in [0.1, 0.15) is 5.69 Å². The van der Waals surface area contributed by atoms with Gasteiger partial charge >= 0.3 is 0 Å². The van der Waals surface area contributed by atoms with E-state index >= 15 is 0 Å². The molecule has 2 heterocycles. The van der Waals surface area contributed by atoms with Gasteiger partial charge in [0.05, 0.1) is 13.2 Å². The van der Waals surface area contributed by atoms with E-state index in [4.69, 9.17) is 9.47 Å². The van der Waals surface area contributed by atoms with E-state index in [1.165, 1.54) is 0 Å². The highest BCUT2D eigenvalue weighted by Crippen LogP contribution is 2.37. The van der Waals surface area contributed by atoms with E-state index in [-0.39, 0.29) is 17.7 Å². The zero-order valence-corrected chi connectivity index (χ0v) is 12.7. The van der Waals surface area contributed by atoms with Crippen LogP contribution in [-0.2, 0) is 9.47 Å². The summed E-state index contributed by atoms with van der Waals surface area (Å²) >= 11 is 0. The molecule has 3 rings (SSSR count). The van der Waals surface area contributed by atoms with Crippen molar-refractivity contribution in [3.05, 3.63) is 29.6 Å². The first-order valence-corrected chi connectivity index (χ1v) is 7.58. The average molecular weight is 290 g/mol. The number of amides is 1. The van der Waals surface area contributed by atoms with Gasteiger partial charge in [0.25, 0.3) is 5.91 Å². The molecule has 1 saturated heterocycles. The van der Waals surface area contributed by atoms with Crippen molar-refractivity contribution < 1.29 is 14.3 Å². The second-order valence-corrected chi connectivity index (χ2v) is 5.92. The fourth-order valence-electron chi connectivity index (χ4n) is 3.22. The Morgan fingerprint density at radius 3 is 2.57 bits per heavy atom. The largest absolute Gasteiger partial charge is 0.348 e. The summed E-state index contributed by atoms with van der Waals surface area (Å²) < 4.78 is 11.5. The number of aromatic nitrogens is 1. The molecule has 0 bridgehead atoms. The van der Waals surface area contributed by atoms with Crippen LogP contribution in [0, 0.1) is 6.92 Å². The first kappa shape index (κ1) is 14.5. The Morgan fingerprint density at radius 1 is 1.29 bits per heavy atom. The van der Waals surface area contributed by atoms with E-state index in [9.17, 15) is 4.79 Å². The summed E-state index contributed by atoms with van der Waals surface area (Å²) in [5, 5.41) is 0. The normalized spacial score (nSPS) is 21.6. The molecule has 0 N–H and O–H groups in total. The quantitative estimate of drug-likeness (QED) is 0.837. The molecule has 1 aliphatic heterocycles. The first-order chi connectivity index (χ1) is 10.1. The summed E-state index contributed by atoms with van der Waals surface area (Å²) in [6.07, 6.45) is 3.54. The van der Waals surface area contributed by atoms with Crippen LogP contribution in [0.15, 0.2) is 18.2 Å². The molecule has 0 aromatic carbocycles. The maximum atomic E-state index is 12.5. The Morgan fingerprint density at radius 2 is 1.95 bits per heavy atom. The summed E-state index contributed by atoms with van der Waals surface area (Å²) in [4.78, 5) is 18.7. The molecule has 2 aliphatic rings. The minimum atomic E-state index is -0.373. The summed E-state index contributed by atoms with van der Waals surface area (Å²) in [7, 11) is 1.87. The summed E-state index contributed by atoms with van der Waals surface area (Å²) in [5.41, 5.74) is 1.38. The number of rotatable bonds is 2. The van der Waals surface area contributed by atoms with Crippen LogP contribution in [0.1, 0.15) is 41.9 Å².